The monoisotopic (exact) mass is 680 g/mol. The van der Waals surface area contributed by atoms with Crippen LogP contribution < -0.4 is 18.9 Å². The molecule has 1 fully saturated rings. The summed E-state index contributed by atoms with van der Waals surface area (Å²) in [6.07, 6.45) is -0.118. The molecule has 0 amide bonds. The highest BCUT2D eigenvalue weighted by molar-refractivity contribution is 5.53. The fourth-order valence-electron chi connectivity index (χ4n) is 7.86. The number of phenolic OH excluding ortho intramolecular Hbond substituents is 4. The van der Waals surface area contributed by atoms with Gasteiger partial charge in [0.2, 0.25) is 0 Å². The highest BCUT2D eigenvalue weighted by Gasteiger charge is 2.56. The van der Waals surface area contributed by atoms with Crippen molar-refractivity contribution in [2.75, 3.05) is 28.4 Å². The SMILES string of the molecule is C=C1[C@H](c2ccc(O)c(OC)c2)O[C@H](c2ccc(O)c(OC)c2)[C@@]12CCC1=C(C2)[C@@H](c2ccc(O)c(OC)c2)O[C@H]1c1ccc(O)c(OC)c1. The number of hydrogen-bond donors (Lipinski definition) is 4. The second kappa shape index (κ2) is 12.9. The van der Waals surface area contributed by atoms with Crippen LogP contribution >= 0.6 is 0 Å². The minimum Gasteiger partial charge on any atom is -0.504 e. The Morgan fingerprint density at radius 1 is 0.560 bits per heavy atom. The van der Waals surface area contributed by atoms with Crippen LogP contribution in [0.5, 0.6) is 46.0 Å². The van der Waals surface area contributed by atoms with Crippen LogP contribution in [-0.2, 0) is 9.47 Å². The average Bonchev–Trinajstić information content (AvgIpc) is 3.64. The molecule has 4 N–H and O–H groups in total. The van der Waals surface area contributed by atoms with E-state index in [0.717, 1.165) is 39.0 Å². The van der Waals surface area contributed by atoms with Gasteiger partial charge in [-0.25, -0.2) is 0 Å². The molecule has 10 nitrogen and oxygen atoms in total. The summed E-state index contributed by atoms with van der Waals surface area (Å²) in [5, 5.41) is 41.7. The predicted molar refractivity (Wildman–Crippen MR) is 184 cm³/mol. The summed E-state index contributed by atoms with van der Waals surface area (Å²) < 4.78 is 35.8. The van der Waals surface area contributed by atoms with Crippen LogP contribution in [0.2, 0.25) is 0 Å². The molecule has 2 aliphatic heterocycles. The molecule has 0 radical (unpaired) electrons. The van der Waals surface area contributed by atoms with Crippen molar-refractivity contribution >= 4 is 0 Å². The molecule has 260 valence electrons. The summed E-state index contributed by atoms with van der Waals surface area (Å²) in [6.45, 7) is 4.69. The number of methoxy groups -OCH3 is 4. The van der Waals surface area contributed by atoms with Crippen molar-refractivity contribution in [2.24, 2.45) is 5.41 Å². The van der Waals surface area contributed by atoms with Gasteiger partial charge in [-0.1, -0.05) is 30.8 Å². The minimum atomic E-state index is -0.624. The van der Waals surface area contributed by atoms with Crippen LogP contribution in [0.3, 0.4) is 0 Å². The molecule has 2 heterocycles. The van der Waals surface area contributed by atoms with E-state index in [1.165, 1.54) is 28.4 Å². The fourth-order valence-corrected chi connectivity index (χ4v) is 7.86. The van der Waals surface area contributed by atoms with Crippen molar-refractivity contribution in [2.45, 2.75) is 43.7 Å². The Morgan fingerprint density at radius 3 is 1.42 bits per heavy atom. The van der Waals surface area contributed by atoms with Gasteiger partial charge in [-0.3, -0.25) is 0 Å². The van der Waals surface area contributed by atoms with Crippen molar-refractivity contribution in [3.05, 3.63) is 118 Å². The average molecular weight is 681 g/mol. The minimum absolute atomic E-state index is 0.0216. The molecule has 1 saturated heterocycles. The van der Waals surface area contributed by atoms with Crippen molar-refractivity contribution in [1.82, 2.24) is 0 Å². The van der Waals surface area contributed by atoms with Crippen LogP contribution in [-0.4, -0.2) is 48.9 Å². The zero-order valence-corrected chi connectivity index (χ0v) is 28.3. The summed E-state index contributed by atoms with van der Waals surface area (Å²) in [5.74, 6) is 1.44. The van der Waals surface area contributed by atoms with Gasteiger partial charge in [-0.15, -0.1) is 0 Å². The number of phenols is 4. The third kappa shape index (κ3) is 5.35. The molecular formula is C40H40O10. The molecular weight excluding hydrogens is 640 g/mol. The lowest BCUT2D eigenvalue weighted by Crippen LogP contribution is -2.31. The molecule has 0 bridgehead atoms. The zero-order chi connectivity index (χ0) is 35.3. The molecule has 1 aliphatic carbocycles. The lowest BCUT2D eigenvalue weighted by Gasteiger charge is -2.40. The Bertz CT molecular complexity index is 2000. The third-order valence-electron chi connectivity index (χ3n) is 10.4. The van der Waals surface area contributed by atoms with Crippen molar-refractivity contribution in [3.63, 3.8) is 0 Å². The largest absolute Gasteiger partial charge is 0.504 e. The standard InChI is InChI=1S/C40H40O10/c1-21-36(22-6-10-28(41)32(16-22)45-2)50-39(25-9-13-31(44)35(19-25)48-5)40(21)15-14-26-27(20-40)38(24-8-12-30(43)34(18-24)47-4)49-37(26)23-7-11-29(42)33(17-23)46-3/h6-13,16-19,36-39,41-44H,1,14-15,20H2,2-5H3/t36-,37+,38-,39-,40-/m1/s1. The first-order valence-electron chi connectivity index (χ1n) is 16.3. The Kier molecular flexibility index (Phi) is 8.53. The molecule has 0 aromatic heterocycles. The van der Waals surface area contributed by atoms with E-state index < -0.39 is 29.8 Å². The number of aromatic hydroxyl groups is 4. The maximum absolute atomic E-state index is 10.5. The summed E-state index contributed by atoms with van der Waals surface area (Å²) in [7, 11) is 6.04. The first kappa shape index (κ1) is 33.2. The maximum atomic E-state index is 10.5. The van der Waals surface area contributed by atoms with Crippen LogP contribution in [0.15, 0.2) is 96.1 Å². The summed E-state index contributed by atoms with van der Waals surface area (Å²) in [4.78, 5) is 0. The topological polar surface area (TPSA) is 136 Å². The van der Waals surface area contributed by atoms with Gasteiger partial charge in [0.15, 0.2) is 46.0 Å². The normalized spacial score (nSPS) is 24.4. The number of hydrogen-bond acceptors (Lipinski definition) is 10. The highest BCUT2D eigenvalue weighted by atomic mass is 16.5. The van der Waals surface area contributed by atoms with Gasteiger partial charge in [-0.05, 0) is 107 Å². The molecule has 0 saturated carbocycles. The molecule has 5 atom stereocenters. The first-order valence-corrected chi connectivity index (χ1v) is 16.3. The third-order valence-corrected chi connectivity index (χ3v) is 10.4. The quantitative estimate of drug-likeness (QED) is 0.136. The van der Waals surface area contributed by atoms with E-state index in [-0.39, 0.29) is 23.0 Å². The summed E-state index contributed by atoms with van der Waals surface area (Å²) in [6, 6.07) is 20.9. The van der Waals surface area contributed by atoms with E-state index in [0.29, 0.717) is 42.3 Å². The fraction of sp³-hybridized carbons (Fsp3) is 0.300. The van der Waals surface area contributed by atoms with Gasteiger partial charge in [0.25, 0.3) is 0 Å². The predicted octanol–water partition coefficient (Wildman–Crippen LogP) is 7.89. The Morgan fingerprint density at radius 2 is 0.960 bits per heavy atom. The van der Waals surface area contributed by atoms with E-state index in [4.69, 9.17) is 35.0 Å². The number of rotatable bonds is 8. The van der Waals surface area contributed by atoms with E-state index in [1.54, 1.807) is 48.5 Å². The van der Waals surface area contributed by atoms with Crippen LogP contribution in [0.4, 0.5) is 0 Å². The van der Waals surface area contributed by atoms with Gasteiger partial charge in [0.1, 0.15) is 18.3 Å². The van der Waals surface area contributed by atoms with Gasteiger partial charge in [0.05, 0.1) is 34.5 Å². The smallest absolute Gasteiger partial charge is 0.160 e. The zero-order valence-electron chi connectivity index (χ0n) is 28.3. The lowest BCUT2D eigenvalue weighted by molar-refractivity contribution is 0.00312. The molecule has 10 heteroatoms. The van der Waals surface area contributed by atoms with Gasteiger partial charge < -0.3 is 48.8 Å². The van der Waals surface area contributed by atoms with E-state index >= 15 is 0 Å². The summed E-state index contributed by atoms with van der Waals surface area (Å²) in [5.41, 5.74) is 5.67. The van der Waals surface area contributed by atoms with Crippen LogP contribution in [0.1, 0.15) is 65.9 Å². The Balaban J connectivity index is 1.38. The lowest BCUT2D eigenvalue weighted by atomic mass is 9.62. The number of benzene rings is 4. The molecule has 7 rings (SSSR count). The van der Waals surface area contributed by atoms with Gasteiger partial charge >= 0.3 is 0 Å². The van der Waals surface area contributed by atoms with Crippen molar-refractivity contribution in [1.29, 1.82) is 0 Å². The van der Waals surface area contributed by atoms with Gasteiger partial charge in [-0.2, -0.15) is 0 Å². The Labute approximate surface area is 290 Å². The Hall–Kier alpha value is -5.32. The van der Waals surface area contributed by atoms with Crippen LogP contribution in [0, 0.1) is 5.41 Å². The maximum Gasteiger partial charge on any atom is 0.160 e. The van der Waals surface area contributed by atoms with E-state index in [9.17, 15) is 20.4 Å². The molecule has 50 heavy (non-hydrogen) atoms. The number of ether oxygens (including phenoxy) is 6. The first-order chi connectivity index (χ1) is 24.1. The van der Waals surface area contributed by atoms with E-state index in [1.807, 2.05) is 24.3 Å². The van der Waals surface area contributed by atoms with Gasteiger partial charge in [0, 0.05) is 5.41 Å². The summed E-state index contributed by atoms with van der Waals surface area (Å²) >= 11 is 0. The molecule has 3 aliphatic rings. The highest BCUT2D eigenvalue weighted by Crippen LogP contribution is 2.67. The van der Waals surface area contributed by atoms with Crippen molar-refractivity contribution in [3.8, 4) is 46.0 Å². The molecule has 4 aromatic carbocycles. The van der Waals surface area contributed by atoms with Crippen molar-refractivity contribution < 1.29 is 48.8 Å². The van der Waals surface area contributed by atoms with E-state index in [2.05, 4.69) is 0 Å². The second-order valence-electron chi connectivity index (χ2n) is 12.9. The van der Waals surface area contributed by atoms with Crippen LogP contribution in [0.25, 0.3) is 0 Å². The molecule has 1 spiro atoms. The second-order valence-corrected chi connectivity index (χ2v) is 12.9. The molecule has 4 aromatic rings. The molecule has 0 unspecified atom stereocenters.